The molecule has 2 saturated heterocycles. The standard InChI is InChI=1S/C24H29F2N9/c25-18-10-17(15-6-7-15)22(35-14-29-32-33-35)11-20(18)30-24-28-13-19(26)23(31-24)27-12-16-4-3-9-34-8-2-1-5-21(16)34/h10-11,13-16,21H,1-9,12H2,(H2,27,28,30,31). The lowest BCUT2D eigenvalue weighted by Crippen LogP contribution is -2.49. The molecule has 2 unspecified atom stereocenters. The molecule has 0 bridgehead atoms. The number of rotatable bonds is 7. The van der Waals surface area contributed by atoms with Crippen LogP contribution >= 0.6 is 0 Å². The second-order valence-corrected chi connectivity index (χ2v) is 9.82. The number of hydrogen-bond donors (Lipinski definition) is 2. The number of aromatic nitrogens is 6. The lowest BCUT2D eigenvalue weighted by molar-refractivity contribution is 0.0648. The molecule has 0 radical (unpaired) electrons. The minimum Gasteiger partial charge on any atom is -0.367 e. The van der Waals surface area contributed by atoms with Crippen molar-refractivity contribution in [2.24, 2.45) is 5.92 Å². The lowest BCUT2D eigenvalue weighted by Gasteiger charge is -2.44. The number of tetrazole rings is 1. The first-order valence-electron chi connectivity index (χ1n) is 12.5. The Morgan fingerprint density at radius 2 is 1.89 bits per heavy atom. The van der Waals surface area contributed by atoms with E-state index in [1.165, 1.54) is 42.8 Å². The molecule has 9 nitrogen and oxygen atoms in total. The van der Waals surface area contributed by atoms with Gasteiger partial charge in [-0.25, -0.2) is 18.4 Å². The molecule has 2 atom stereocenters. The number of halogens is 2. The Bertz CT molecular complexity index is 1180. The topological polar surface area (TPSA) is 96.7 Å². The summed E-state index contributed by atoms with van der Waals surface area (Å²) in [5.74, 6) is 0.0665. The Labute approximate surface area is 202 Å². The lowest BCUT2D eigenvalue weighted by atomic mass is 9.83. The van der Waals surface area contributed by atoms with Crippen LogP contribution in [0, 0.1) is 17.6 Å². The molecule has 3 aliphatic rings. The summed E-state index contributed by atoms with van der Waals surface area (Å²) in [6.45, 7) is 2.98. The number of piperidine rings is 2. The smallest absolute Gasteiger partial charge is 0.229 e. The molecule has 184 valence electrons. The van der Waals surface area contributed by atoms with Gasteiger partial charge >= 0.3 is 0 Å². The van der Waals surface area contributed by atoms with E-state index in [0.29, 0.717) is 30.1 Å². The summed E-state index contributed by atoms with van der Waals surface area (Å²) in [7, 11) is 0. The molecule has 1 saturated carbocycles. The van der Waals surface area contributed by atoms with Crippen LogP contribution in [0.2, 0.25) is 0 Å². The highest BCUT2D eigenvalue weighted by atomic mass is 19.1. The van der Waals surface area contributed by atoms with Gasteiger partial charge < -0.3 is 15.5 Å². The van der Waals surface area contributed by atoms with Crippen LogP contribution in [0.25, 0.3) is 5.69 Å². The number of anilines is 3. The molecular weight excluding hydrogens is 452 g/mol. The molecule has 2 N–H and O–H groups in total. The molecule has 2 aliphatic heterocycles. The SMILES string of the molecule is Fc1cc(C2CC2)c(-n2cnnn2)cc1Nc1ncc(F)c(NCC2CCCN3CCCCC23)n1. The number of nitrogens with zero attached hydrogens (tertiary/aromatic N) is 7. The second kappa shape index (κ2) is 9.44. The van der Waals surface area contributed by atoms with Gasteiger partial charge in [-0.1, -0.05) is 6.42 Å². The molecule has 0 spiro atoms. The van der Waals surface area contributed by atoms with E-state index in [1.54, 1.807) is 6.07 Å². The summed E-state index contributed by atoms with van der Waals surface area (Å²) < 4.78 is 31.1. The van der Waals surface area contributed by atoms with Crippen LogP contribution in [-0.4, -0.2) is 60.8 Å². The van der Waals surface area contributed by atoms with Gasteiger partial charge in [0.15, 0.2) is 11.6 Å². The van der Waals surface area contributed by atoms with Crippen molar-refractivity contribution in [3.05, 3.63) is 41.9 Å². The Morgan fingerprint density at radius 1 is 1.00 bits per heavy atom. The Hall–Kier alpha value is -3.21. The summed E-state index contributed by atoms with van der Waals surface area (Å²) >= 11 is 0. The van der Waals surface area contributed by atoms with Gasteiger partial charge in [0.2, 0.25) is 5.95 Å². The van der Waals surface area contributed by atoms with Crippen molar-refractivity contribution >= 4 is 17.5 Å². The van der Waals surface area contributed by atoms with Gasteiger partial charge in [-0.05, 0) is 91.6 Å². The average molecular weight is 482 g/mol. The minimum atomic E-state index is -0.522. The summed E-state index contributed by atoms with van der Waals surface area (Å²) in [5, 5.41) is 17.5. The van der Waals surface area contributed by atoms with Gasteiger partial charge in [-0.2, -0.15) is 4.98 Å². The Balaban J connectivity index is 1.20. The van der Waals surface area contributed by atoms with E-state index >= 15 is 4.39 Å². The first kappa shape index (κ1) is 22.3. The van der Waals surface area contributed by atoms with Gasteiger partial charge in [0, 0.05) is 12.6 Å². The zero-order chi connectivity index (χ0) is 23.8. The van der Waals surface area contributed by atoms with Gasteiger partial charge in [-0.3, -0.25) is 0 Å². The van der Waals surface area contributed by atoms with Crippen molar-refractivity contribution in [2.75, 3.05) is 30.3 Å². The predicted octanol–water partition coefficient (Wildman–Crippen LogP) is 4.03. The number of hydrogen-bond acceptors (Lipinski definition) is 8. The van der Waals surface area contributed by atoms with E-state index in [-0.39, 0.29) is 17.5 Å². The van der Waals surface area contributed by atoms with Crippen LogP contribution in [0.5, 0.6) is 0 Å². The highest BCUT2D eigenvalue weighted by Crippen LogP contribution is 2.44. The fourth-order valence-electron chi connectivity index (χ4n) is 5.58. The number of benzene rings is 1. The van der Waals surface area contributed by atoms with Crippen molar-refractivity contribution < 1.29 is 8.78 Å². The van der Waals surface area contributed by atoms with Gasteiger partial charge in [-0.15, -0.1) is 5.10 Å². The third-order valence-electron chi connectivity index (χ3n) is 7.48. The van der Waals surface area contributed by atoms with Crippen LogP contribution < -0.4 is 10.6 Å². The van der Waals surface area contributed by atoms with Crippen molar-refractivity contribution in [2.45, 2.75) is 56.9 Å². The number of nitrogens with one attached hydrogen (secondary N) is 2. The van der Waals surface area contributed by atoms with Crippen molar-refractivity contribution in [3.8, 4) is 5.69 Å². The maximum Gasteiger partial charge on any atom is 0.229 e. The third-order valence-corrected chi connectivity index (χ3v) is 7.48. The molecule has 3 fully saturated rings. The van der Waals surface area contributed by atoms with Crippen LogP contribution in [0.3, 0.4) is 0 Å². The maximum atomic E-state index is 15.0. The van der Waals surface area contributed by atoms with E-state index in [4.69, 9.17) is 0 Å². The Morgan fingerprint density at radius 3 is 2.71 bits per heavy atom. The summed E-state index contributed by atoms with van der Waals surface area (Å²) in [4.78, 5) is 10.9. The zero-order valence-corrected chi connectivity index (χ0v) is 19.5. The van der Waals surface area contributed by atoms with E-state index in [1.807, 2.05) is 0 Å². The van der Waals surface area contributed by atoms with E-state index in [9.17, 15) is 4.39 Å². The first-order valence-corrected chi connectivity index (χ1v) is 12.5. The normalized spacial score (nSPS) is 22.6. The molecule has 1 aromatic carbocycles. The van der Waals surface area contributed by atoms with Crippen LogP contribution in [-0.2, 0) is 0 Å². The molecule has 1 aliphatic carbocycles. The third kappa shape index (κ3) is 4.69. The molecule has 4 heterocycles. The van der Waals surface area contributed by atoms with Gasteiger partial charge in [0.25, 0.3) is 0 Å². The second-order valence-electron chi connectivity index (χ2n) is 9.82. The molecule has 35 heavy (non-hydrogen) atoms. The highest BCUT2D eigenvalue weighted by molar-refractivity contribution is 5.62. The predicted molar refractivity (Wildman–Crippen MR) is 127 cm³/mol. The minimum absolute atomic E-state index is 0.123. The molecule has 0 amide bonds. The number of fused-ring (bicyclic) bond motifs is 1. The van der Waals surface area contributed by atoms with E-state index in [0.717, 1.165) is 44.1 Å². The summed E-state index contributed by atoms with van der Waals surface area (Å²) in [6.07, 6.45) is 10.6. The van der Waals surface area contributed by atoms with Crippen LogP contribution in [0.4, 0.5) is 26.2 Å². The largest absolute Gasteiger partial charge is 0.367 e. The zero-order valence-electron chi connectivity index (χ0n) is 19.5. The highest BCUT2D eigenvalue weighted by Gasteiger charge is 2.33. The molecule has 2 aromatic heterocycles. The summed E-state index contributed by atoms with van der Waals surface area (Å²) in [6, 6.07) is 3.72. The average Bonchev–Trinajstić information content (AvgIpc) is 3.58. The van der Waals surface area contributed by atoms with Crippen LogP contribution in [0.15, 0.2) is 24.7 Å². The van der Waals surface area contributed by atoms with Gasteiger partial charge in [0.05, 0.1) is 17.6 Å². The summed E-state index contributed by atoms with van der Waals surface area (Å²) in [5.41, 5.74) is 1.76. The van der Waals surface area contributed by atoms with E-state index < -0.39 is 11.6 Å². The van der Waals surface area contributed by atoms with Gasteiger partial charge in [0.1, 0.15) is 12.1 Å². The first-order chi connectivity index (χ1) is 17.2. The molecular formula is C24H29F2N9. The molecule has 3 aromatic rings. The van der Waals surface area contributed by atoms with Crippen molar-refractivity contribution in [3.63, 3.8) is 0 Å². The monoisotopic (exact) mass is 481 g/mol. The van der Waals surface area contributed by atoms with Crippen molar-refractivity contribution in [1.82, 2.24) is 35.1 Å². The van der Waals surface area contributed by atoms with Crippen LogP contribution in [0.1, 0.15) is 56.4 Å². The van der Waals surface area contributed by atoms with Crippen molar-refractivity contribution in [1.29, 1.82) is 0 Å². The van der Waals surface area contributed by atoms with E-state index in [2.05, 4.69) is 41.0 Å². The quantitative estimate of drug-likeness (QED) is 0.522. The maximum absolute atomic E-state index is 15.0. The fourth-order valence-corrected chi connectivity index (χ4v) is 5.58. The Kier molecular flexibility index (Phi) is 6.01. The molecule has 11 heteroatoms. The fraction of sp³-hybridized carbons (Fsp3) is 0.542. The molecule has 6 rings (SSSR count).